The monoisotopic (exact) mass is 280 g/mol. The molecule has 0 aromatic carbocycles. The SMILES string of the molecule is CC1CC(CN)(N2CC3CCCCN3CC2C)CN1C. The van der Waals surface area contributed by atoms with Crippen molar-refractivity contribution < 1.29 is 0 Å². The third-order valence-electron chi connectivity index (χ3n) is 6.15. The fraction of sp³-hybridized carbons (Fsp3) is 1.00. The molecular formula is C16H32N4. The summed E-state index contributed by atoms with van der Waals surface area (Å²) in [6, 6.07) is 2.09. The lowest BCUT2D eigenvalue weighted by atomic mass is 9.88. The molecule has 3 saturated heterocycles. The predicted octanol–water partition coefficient (Wildman–Crippen LogP) is 0.967. The summed E-state index contributed by atoms with van der Waals surface area (Å²) in [6.45, 7) is 10.5. The molecule has 20 heavy (non-hydrogen) atoms. The molecule has 0 aliphatic carbocycles. The Morgan fingerprint density at radius 2 is 1.95 bits per heavy atom. The predicted molar refractivity (Wildman–Crippen MR) is 83.9 cm³/mol. The number of hydrogen-bond acceptors (Lipinski definition) is 4. The van der Waals surface area contributed by atoms with Gasteiger partial charge in [0, 0.05) is 49.8 Å². The first-order chi connectivity index (χ1) is 9.55. The topological polar surface area (TPSA) is 35.7 Å². The Bertz CT molecular complexity index is 335. The minimum atomic E-state index is 0.219. The molecule has 0 bridgehead atoms. The van der Waals surface area contributed by atoms with Crippen molar-refractivity contribution in [2.45, 2.75) is 63.2 Å². The molecule has 4 atom stereocenters. The van der Waals surface area contributed by atoms with E-state index in [0.29, 0.717) is 12.1 Å². The third kappa shape index (κ3) is 2.41. The van der Waals surface area contributed by atoms with Crippen LogP contribution in [0.2, 0.25) is 0 Å². The second-order valence-corrected chi connectivity index (χ2v) is 7.54. The van der Waals surface area contributed by atoms with Gasteiger partial charge >= 0.3 is 0 Å². The molecule has 0 saturated carbocycles. The first-order valence-corrected chi connectivity index (χ1v) is 8.47. The number of fused-ring (bicyclic) bond motifs is 1. The molecule has 0 radical (unpaired) electrons. The van der Waals surface area contributed by atoms with Crippen LogP contribution in [0.3, 0.4) is 0 Å². The van der Waals surface area contributed by atoms with Crippen LogP contribution < -0.4 is 5.73 Å². The quantitative estimate of drug-likeness (QED) is 0.817. The van der Waals surface area contributed by atoms with E-state index in [-0.39, 0.29) is 5.54 Å². The lowest BCUT2D eigenvalue weighted by Crippen LogP contribution is -2.67. The number of likely N-dealkylation sites (N-methyl/N-ethyl adjacent to an activating group) is 1. The molecule has 3 heterocycles. The van der Waals surface area contributed by atoms with E-state index in [4.69, 9.17) is 5.73 Å². The number of nitrogens with two attached hydrogens (primary N) is 1. The highest BCUT2D eigenvalue weighted by Gasteiger charge is 2.48. The van der Waals surface area contributed by atoms with Crippen LogP contribution in [0.5, 0.6) is 0 Å². The highest BCUT2D eigenvalue weighted by atomic mass is 15.4. The molecule has 0 amide bonds. The van der Waals surface area contributed by atoms with Gasteiger partial charge in [-0.3, -0.25) is 9.80 Å². The summed E-state index contributed by atoms with van der Waals surface area (Å²) < 4.78 is 0. The van der Waals surface area contributed by atoms with Crippen LogP contribution in [-0.2, 0) is 0 Å². The Hall–Kier alpha value is -0.160. The molecule has 0 aromatic heterocycles. The number of piperidine rings is 1. The van der Waals surface area contributed by atoms with Crippen molar-refractivity contribution in [1.82, 2.24) is 14.7 Å². The van der Waals surface area contributed by atoms with Crippen LogP contribution in [0.1, 0.15) is 39.5 Å². The number of likely N-dealkylation sites (tertiary alicyclic amines) is 1. The van der Waals surface area contributed by atoms with E-state index in [0.717, 1.165) is 19.1 Å². The van der Waals surface area contributed by atoms with Gasteiger partial charge in [-0.15, -0.1) is 0 Å². The fourth-order valence-corrected chi connectivity index (χ4v) is 4.88. The van der Waals surface area contributed by atoms with Crippen molar-refractivity contribution in [3.05, 3.63) is 0 Å². The van der Waals surface area contributed by atoms with Crippen LogP contribution in [0.4, 0.5) is 0 Å². The maximum atomic E-state index is 6.27. The molecule has 4 heteroatoms. The van der Waals surface area contributed by atoms with Gasteiger partial charge in [0.05, 0.1) is 0 Å². The maximum Gasteiger partial charge on any atom is 0.0477 e. The van der Waals surface area contributed by atoms with Gasteiger partial charge in [-0.25, -0.2) is 0 Å². The summed E-state index contributed by atoms with van der Waals surface area (Å²) in [7, 11) is 2.25. The van der Waals surface area contributed by atoms with Crippen LogP contribution in [0.15, 0.2) is 0 Å². The van der Waals surface area contributed by atoms with Crippen LogP contribution in [0, 0.1) is 0 Å². The molecule has 0 aromatic rings. The van der Waals surface area contributed by atoms with Gasteiger partial charge < -0.3 is 10.6 Å². The van der Waals surface area contributed by atoms with E-state index >= 15 is 0 Å². The second kappa shape index (κ2) is 5.56. The van der Waals surface area contributed by atoms with Crippen molar-refractivity contribution in [2.75, 3.05) is 39.8 Å². The van der Waals surface area contributed by atoms with Gasteiger partial charge in [0.1, 0.15) is 0 Å². The van der Waals surface area contributed by atoms with E-state index in [1.54, 1.807) is 0 Å². The summed E-state index contributed by atoms with van der Waals surface area (Å²) in [5.74, 6) is 0. The highest BCUT2D eigenvalue weighted by Crippen LogP contribution is 2.36. The van der Waals surface area contributed by atoms with Crippen molar-refractivity contribution in [2.24, 2.45) is 5.73 Å². The average Bonchev–Trinajstić information content (AvgIpc) is 2.74. The number of rotatable bonds is 2. The van der Waals surface area contributed by atoms with E-state index in [2.05, 4.69) is 35.6 Å². The van der Waals surface area contributed by atoms with Crippen LogP contribution in [0.25, 0.3) is 0 Å². The Balaban J connectivity index is 1.78. The molecule has 0 spiro atoms. The van der Waals surface area contributed by atoms with Gasteiger partial charge in [-0.2, -0.15) is 0 Å². The van der Waals surface area contributed by atoms with Gasteiger partial charge in [0.25, 0.3) is 0 Å². The zero-order valence-electron chi connectivity index (χ0n) is 13.5. The number of nitrogens with zero attached hydrogens (tertiary/aromatic N) is 3. The Kier molecular flexibility index (Phi) is 4.10. The van der Waals surface area contributed by atoms with E-state index < -0.39 is 0 Å². The standard InChI is InChI=1S/C16H32N4/c1-13-8-16(11-17,12-18(13)3)20-10-15-6-4-5-7-19(15)9-14(20)2/h13-15H,4-12,17H2,1-3H3. The lowest BCUT2D eigenvalue weighted by Gasteiger charge is -2.53. The summed E-state index contributed by atoms with van der Waals surface area (Å²) in [6.07, 6.45) is 5.42. The summed E-state index contributed by atoms with van der Waals surface area (Å²) in [5.41, 5.74) is 6.49. The average molecular weight is 280 g/mol. The van der Waals surface area contributed by atoms with Crippen molar-refractivity contribution in [3.8, 4) is 0 Å². The molecular weight excluding hydrogens is 248 g/mol. The Morgan fingerprint density at radius 1 is 1.15 bits per heavy atom. The second-order valence-electron chi connectivity index (χ2n) is 7.54. The fourth-order valence-electron chi connectivity index (χ4n) is 4.88. The zero-order chi connectivity index (χ0) is 14.3. The summed E-state index contributed by atoms with van der Waals surface area (Å²) in [4.78, 5) is 8.00. The summed E-state index contributed by atoms with van der Waals surface area (Å²) in [5, 5.41) is 0. The first kappa shape index (κ1) is 14.8. The van der Waals surface area contributed by atoms with Gasteiger partial charge in [0.2, 0.25) is 0 Å². The largest absolute Gasteiger partial charge is 0.329 e. The molecule has 3 aliphatic rings. The Labute approximate surface area is 124 Å². The Morgan fingerprint density at radius 3 is 2.60 bits per heavy atom. The minimum absolute atomic E-state index is 0.219. The maximum absolute atomic E-state index is 6.27. The van der Waals surface area contributed by atoms with Gasteiger partial charge in [-0.1, -0.05) is 6.42 Å². The molecule has 2 N–H and O–H groups in total. The molecule has 3 rings (SSSR count). The smallest absolute Gasteiger partial charge is 0.0477 e. The minimum Gasteiger partial charge on any atom is -0.329 e. The van der Waals surface area contributed by atoms with E-state index in [9.17, 15) is 0 Å². The summed E-state index contributed by atoms with van der Waals surface area (Å²) >= 11 is 0. The normalized spacial score (nSPS) is 44.7. The molecule has 4 unspecified atom stereocenters. The van der Waals surface area contributed by atoms with Crippen molar-refractivity contribution in [1.29, 1.82) is 0 Å². The molecule has 3 fully saturated rings. The third-order valence-corrected chi connectivity index (χ3v) is 6.15. The first-order valence-electron chi connectivity index (χ1n) is 8.47. The lowest BCUT2D eigenvalue weighted by molar-refractivity contribution is -0.0411. The van der Waals surface area contributed by atoms with E-state index in [1.165, 1.54) is 45.3 Å². The molecule has 3 aliphatic heterocycles. The van der Waals surface area contributed by atoms with Crippen LogP contribution in [-0.4, -0.2) is 78.1 Å². The number of piperazine rings is 1. The zero-order valence-corrected chi connectivity index (χ0v) is 13.5. The van der Waals surface area contributed by atoms with Gasteiger partial charge in [0.15, 0.2) is 0 Å². The van der Waals surface area contributed by atoms with Crippen LogP contribution >= 0.6 is 0 Å². The highest BCUT2D eigenvalue weighted by molar-refractivity contribution is 5.06. The van der Waals surface area contributed by atoms with Gasteiger partial charge in [-0.05, 0) is 46.7 Å². The van der Waals surface area contributed by atoms with Crippen molar-refractivity contribution >= 4 is 0 Å². The number of hydrogen-bond donors (Lipinski definition) is 1. The van der Waals surface area contributed by atoms with Crippen molar-refractivity contribution in [3.63, 3.8) is 0 Å². The molecule has 4 nitrogen and oxygen atoms in total. The molecule has 116 valence electrons. The van der Waals surface area contributed by atoms with E-state index in [1.807, 2.05) is 0 Å².